The maximum atomic E-state index is 11.7. The third-order valence-corrected chi connectivity index (χ3v) is 3.79. The molecule has 17 heavy (non-hydrogen) atoms. The second-order valence-electron chi connectivity index (χ2n) is 3.15. The average molecular weight is 301 g/mol. The van der Waals surface area contributed by atoms with Crippen LogP contribution in [0, 0.1) is 0 Å². The van der Waals surface area contributed by atoms with E-state index < -0.39 is 29.4 Å². The van der Waals surface area contributed by atoms with Gasteiger partial charge < -0.3 is 10.2 Å². The van der Waals surface area contributed by atoms with Gasteiger partial charge in [-0.2, -0.15) is 8.42 Å². The minimum Gasteiger partial charge on any atom is -0.394 e. The maximum Gasteiger partial charge on any atom is 0.298 e. The van der Waals surface area contributed by atoms with Crippen LogP contribution < -0.4 is 0 Å². The normalized spacial score (nSPS) is 13.6. The summed E-state index contributed by atoms with van der Waals surface area (Å²) in [6, 6.07) is 3.90. The zero-order valence-corrected chi connectivity index (χ0v) is 10.8. The van der Waals surface area contributed by atoms with E-state index in [9.17, 15) is 8.42 Å². The lowest BCUT2D eigenvalue weighted by atomic mass is 10.4. The van der Waals surface area contributed by atoms with E-state index in [1.807, 2.05) is 0 Å². The highest BCUT2D eigenvalue weighted by atomic mass is 35.5. The third-order valence-electron chi connectivity index (χ3n) is 1.79. The summed E-state index contributed by atoms with van der Waals surface area (Å²) >= 11 is 11.3. The first-order valence-electron chi connectivity index (χ1n) is 4.50. The Hall–Kier alpha value is -0.370. The van der Waals surface area contributed by atoms with Crippen molar-refractivity contribution in [3.05, 3.63) is 28.2 Å². The number of halogens is 2. The standard InChI is InChI=1S/C9H10Cl2O5S/c10-6-1-2-8(11)9(3-6)17(14,15)16-5-7(13)4-12/h1-3,7,12-13H,4-5H2. The van der Waals surface area contributed by atoms with E-state index in [1.165, 1.54) is 12.1 Å². The minimum absolute atomic E-state index is 0.0344. The van der Waals surface area contributed by atoms with Crippen molar-refractivity contribution in [1.82, 2.24) is 0 Å². The molecule has 0 spiro atoms. The van der Waals surface area contributed by atoms with Crippen LogP contribution >= 0.6 is 23.2 Å². The van der Waals surface area contributed by atoms with Gasteiger partial charge in [-0.3, -0.25) is 4.18 Å². The predicted molar refractivity (Wildman–Crippen MR) is 62.7 cm³/mol. The highest BCUT2D eigenvalue weighted by molar-refractivity contribution is 7.86. The van der Waals surface area contributed by atoms with Gasteiger partial charge in [0.25, 0.3) is 10.1 Å². The highest BCUT2D eigenvalue weighted by Crippen LogP contribution is 2.26. The number of hydrogen-bond acceptors (Lipinski definition) is 5. The summed E-state index contributed by atoms with van der Waals surface area (Å²) in [6.07, 6.45) is -1.28. The molecule has 8 heteroatoms. The van der Waals surface area contributed by atoms with E-state index in [1.54, 1.807) is 0 Å². The van der Waals surface area contributed by atoms with Crippen LogP contribution in [0.15, 0.2) is 23.1 Å². The summed E-state index contributed by atoms with van der Waals surface area (Å²) in [5.41, 5.74) is 0. The van der Waals surface area contributed by atoms with Crippen LogP contribution in [0.5, 0.6) is 0 Å². The summed E-state index contributed by atoms with van der Waals surface area (Å²) in [7, 11) is -4.11. The Bertz CT molecular complexity index is 488. The van der Waals surface area contributed by atoms with Gasteiger partial charge in [0.15, 0.2) is 0 Å². The van der Waals surface area contributed by atoms with Crippen molar-refractivity contribution in [2.45, 2.75) is 11.0 Å². The maximum absolute atomic E-state index is 11.7. The molecular formula is C9H10Cl2O5S. The van der Waals surface area contributed by atoms with Gasteiger partial charge in [0.1, 0.15) is 11.0 Å². The molecule has 1 unspecified atom stereocenters. The molecule has 0 saturated heterocycles. The molecule has 0 aliphatic carbocycles. The van der Waals surface area contributed by atoms with Gasteiger partial charge in [-0.1, -0.05) is 23.2 Å². The van der Waals surface area contributed by atoms with Gasteiger partial charge in [0.05, 0.1) is 18.2 Å². The van der Waals surface area contributed by atoms with Crippen LogP contribution in [0.1, 0.15) is 0 Å². The molecule has 0 radical (unpaired) electrons. The monoisotopic (exact) mass is 300 g/mol. The van der Waals surface area contributed by atoms with Crippen LogP contribution in [0.2, 0.25) is 10.0 Å². The number of benzene rings is 1. The minimum atomic E-state index is -4.11. The first kappa shape index (κ1) is 14.7. The lowest BCUT2D eigenvalue weighted by Gasteiger charge is -2.10. The van der Waals surface area contributed by atoms with Crippen LogP contribution in [-0.4, -0.2) is 37.9 Å². The highest BCUT2D eigenvalue weighted by Gasteiger charge is 2.20. The van der Waals surface area contributed by atoms with Crippen LogP contribution in [0.25, 0.3) is 0 Å². The van der Waals surface area contributed by atoms with Crippen molar-refractivity contribution >= 4 is 33.3 Å². The molecule has 1 atom stereocenters. The first-order valence-corrected chi connectivity index (χ1v) is 6.66. The van der Waals surface area contributed by atoms with Gasteiger partial charge >= 0.3 is 0 Å². The molecule has 0 amide bonds. The molecule has 0 aromatic heterocycles. The Morgan fingerprint density at radius 3 is 2.59 bits per heavy atom. The van der Waals surface area contributed by atoms with Crippen molar-refractivity contribution in [3.8, 4) is 0 Å². The molecule has 0 bridgehead atoms. The molecule has 5 nitrogen and oxygen atoms in total. The van der Waals surface area contributed by atoms with Crippen LogP contribution in [-0.2, 0) is 14.3 Å². The van der Waals surface area contributed by atoms with Gasteiger partial charge in [0.2, 0.25) is 0 Å². The Balaban J connectivity index is 2.93. The summed E-state index contributed by atoms with van der Waals surface area (Å²) in [5.74, 6) is 0. The Morgan fingerprint density at radius 2 is 2.00 bits per heavy atom. The summed E-state index contributed by atoms with van der Waals surface area (Å²) in [5, 5.41) is 17.7. The first-order chi connectivity index (χ1) is 7.86. The average Bonchev–Trinajstić information content (AvgIpc) is 2.29. The van der Waals surface area contributed by atoms with E-state index in [0.717, 1.165) is 6.07 Å². The molecule has 0 fully saturated rings. The summed E-state index contributed by atoms with van der Waals surface area (Å²) < 4.78 is 27.9. The van der Waals surface area contributed by atoms with Crippen molar-refractivity contribution in [2.24, 2.45) is 0 Å². The fourth-order valence-corrected chi connectivity index (χ4v) is 2.63. The number of hydrogen-bond donors (Lipinski definition) is 2. The topological polar surface area (TPSA) is 83.8 Å². The van der Waals surface area contributed by atoms with E-state index in [4.69, 9.17) is 33.4 Å². The molecule has 1 aromatic carbocycles. The Kier molecular flexibility index (Phi) is 5.18. The largest absolute Gasteiger partial charge is 0.394 e. The van der Waals surface area contributed by atoms with Crippen molar-refractivity contribution < 1.29 is 22.8 Å². The van der Waals surface area contributed by atoms with E-state index in [2.05, 4.69) is 4.18 Å². The summed E-state index contributed by atoms with van der Waals surface area (Å²) in [6.45, 7) is -1.15. The van der Waals surface area contributed by atoms with Crippen molar-refractivity contribution in [3.63, 3.8) is 0 Å². The van der Waals surface area contributed by atoms with Crippen molar-refractivity contribution in [1.29, 1.82) is 0 Å². The van der Waals surface area contributed by atoms with E-state index in [0.29, 0.717) is 0 Å². The zero-order valence-electron chi connectivity index (χ0n) is 8.51. The lowest BCUT2D eigenvalue weighted by molar-refractivity contribution is 0.0557. The van der Waals surface area contributed by atoms with Crippen LogP contribution in [0.3, 0.4) is 0 Å². The molecule has 1 aromatic rings. The molecular weight excluding hydrogens is 291 g/mol. The molecule has 2 N–H and O–H groups in total. The molecule has 0 aliphatic rings. The molecule has 1 rings (SSSR count). The van der Waals surface area contributed by atoms with Gasteiger partial charge in [0, 0.05) is 5.02 Å². The molecule has 96 valence electrons. The molecule has 0 saturated carbocycles. The van der Waals surface area contributed by atoms with E-state index in [-0.39, 0.29) is 14.9 Å². The smallest absolute Gasteiger partial charge is 0.298 e. The third kappa shape index (κ3) is 4.09. The van der Waals surface area contributed by atoms with Crippen molar-refractivity contribution in [2.75, 3.05) is 13.2 Å². The SMILES string of the molecule is O=S(=O)(OCC(O)CO)c1cc(Cl)ccc1Cl. The zero-order chi connectivity index (χ0) is 13.1. The second kappa shape index (κ2) is 5.99. The number of aliphatic hydroxyl groups is 2. The van der Waals surface area contributed by atoms with Gasteiger partial charge in [-0.25, -0.2) is 0 Å². The van der Waals surface area contributed by atoms with E-state index >= 15 is 0 Å². The molecule has 0 aliphatic heterocycles. The van der Waals surface area contributed by atoms with Gasteiger partial charge in [-0.15, -0.1) is 0 Å². The fourth-order valence-electron chi connectivity index (χ4n) is 0.953. The summed E-state index contributed by atoms with van der Waals surface area (Å²) in [4.78, 5) is -0.281. The fraction of sp³-hybridized carbons (Fsp3) is 0.333. The van der Waals surface area contributed by atoms with Gasteiger partial charge in [-0.05, 0) is 18.2 Å². The Labute approximate surface area is 109 Å². The second-order valence-corrected chi connectivity index (χ2v) is 5.58. The number of rotatable bonds is 5. The lowest BCUT2D eigenvalue weighted by Crippen LogP contribution is -2.22. The molecule has 0 heterocycles. The Morgan fingerprint density at radius 1 is 1.35 bits per heavy atom. The number of aliphatic hydroxyl groups excluding tert-OH is 2. The predicted octanol–water partition coefficient (Wildman–Crippen LogP) is 1.05. The van der Waals surface area contributed by atoms with Crippen LogP contribution in [0.4, 0.5) is 0 Å². The quantitative estimate of drug-likeness (QED) is 0.794.